The van der Waals surface area contributed by atoms with Crippen molar-refractivity contribution in [1.82, 2.24) is 10.0 Å². The molecule has 0 radical (unpaired) electrons. The minimum absolute atomic E-state index is 0.0424. The Morgan fingerprint density at radius 1 is 1.12 bits per heavy atom. The Kier molecular flexibility index (Phi) is 7.69. The number of rotatable bonds is 8. The highest BCUT2D eigenvalue weighted by atomic mass is 79.9. The standard InChI is InChI=1S/C18H21BrN2O3S2/c1-13-9-16(19)7-8-17(13)25-11-18(22)21-10-14-3-5-15(6-4-14)12-26(23,24)20-2/h3-9,20H,10-12H2,1-2H3,(H,21,22). The Balaban J connectivity index is 1.81. The number of benzene rings is 2. The second-order valence-corrected chi connectivity index (χ2v) is 9.61. The Labute approximate surface area is 167 Å². The molecule has 8 heteroatoms. The number of halogens is 1. The minimum atomic E-state index is -3.28. The van der Waals surface area contributed by atoms with Crippen molar-refractivity contribution in [2.45, 2.75) is 24.1 Å². The number of hydrogen-bond acceptors (Lipinski definition) is 4. The molecular formula is C18H21BrN2O3S2. The van der Waals surface area contributed by atoms with Crippen molar-refractivity contribution in [2.24, 2.45) is 0 Å². The molecular weight excluding hydrogens is 436 g/mol. The predicted octanol–water partition coefficient (Wildman–Crippen LogP) is 3.22. The maximum Gasteiger partial charge on any atom is 0.230 e. The van der Waals surface area contributed by atoms with Gasteiger partial charge in [0.1, 0.15) is 0 Å². The van der Waals surface area contributed by atoms with Gasteiger partial charge in [-0.25, -0.2) is 13.1 Å². The zero-order valence-electron chi connectivity index (χ0n) is 14.6. The molecule has 0 aromatic heterocycles. The van der Waals surface area contributed by atoms with Crippen LogP contribution in [0.5, 0.6) is 0 Å². The van der Waals surface area contributed by atoms with E-state index in [1.807, 2.05) is 37.3 Å². The monoisotopic (exact) mass is 456 g/mol. The first-order valence-corrected chi connectivity index (χ1v) is 11.4. The van der Waals surface area contributed by atoms with Crippen LogP contribution >= 0.6 is 27.7 Å². The quantitative estimate of drug-likeness (QED) is 0.597. The molecule has 0 heterocycles. The van der Waals surface area contributed by atoms with Crippen molar-refractivity contribution in [3.05, 3.63) is 63.6 Å². The molecule has 0 saturated carbocycles. The molecule has 2 aromatic carbocycles. The van der Waals surface area contributed by atoms with Crippen molar-refractivity contribution in [1.29, 1.82) is 0 Å². The maximum atomic E-state index is 12.0. The average Bonchev–Trinajstić information content (AvgIpc) is 2.60. The van der Waals surface area contributed by atoms with E-state index in [4.69, 9.17) is 0 Å². The summed E-state index contributed by atoms with van der Waals surface area (Å²) in [6, 6.07) is 13.2. The van der Waals surface area contributed by atoms with E-state index in [9.17, 15) is 13.2 Å². The molecule has 0 aliphatic heterocycles. The van der Waals surface area contributed by atoms with E-state index < -0.39 is 10.0 Å². The van der Waals surface area contributed by atoms with Crippen LogP contribution in [0, 0.1) is 6.92 Å². The number of amides is 1. The third-order valence-corrected chi connectivity index (χ3v) is 6.68. The molecule has 0 unspecified atom stereocenters. The lowest BCUT2D eigenvalue weighted by Crippen LogP contribution is -2.24. The summed E-state index contributed by atoms with van der Waals surface area (Å²) < 4.78 is 26.4. The molecule has 0 bridgehead atoms. The van der Waals surface area contributed by atoms with Gasteiger partial charge < -0.3 is 5.32 Å². The summed E-state index contributed by atoms with van der Waals surface area (Å²) in [5.41, 5.74) is 2.76. The van der Waals surface area contributed by atoms with Crippen LogP contribution in [0.2, 0.25) is 0 Å². The molecule has 0 spiro atoms. The molecule has 140 valence electrons. The molecule has 5 nitrogen and oxygen atoms in total. The largest absolute Gasteiger partial charge is 0.351 e. The first-order chi connectivity index (χ1) is 12.3. The van der Waals surface area contributed by atoms with E-state index in [1.54, 1.807) is 12.1 Å². The molecule has 0 aliphatic carbocycles. The van der Waals surface area contributed by atoms with Gasteiger partial charge in [-0.15, -0.1) is 11.8 Å². The van der Waals surface area contributed by atoms with Crippen LogP contribution in [0.15, 0.2) is 51.8 Å². The van der Waals surface area contributed by atoms with E-state index in [1.165, 1.54) is 18.8 Å². The van der Waals surface area contributed by atoms with Crippen molar-refractivity contribution in [3.8, 4) is 0 Å². The second kappa shape index (κ2) is 9.55. The highest BCUT2D eigenvalue weighted by Gasteiger charge is 2.09. The normalized spacial score (nSPS) is 11.3. The van der Waals surface area contributed by atoms with Crippen molar-refractivity contribution < 1.29 is 13.2 Å². The Bertz CT molecular complexity index is 869. The van der Waals surface area contributed by atoms with E-state index in [0.29, 0.717) is 17.9 Å². The van der Waals surface area contributed by atoms with Crippen LogP contribution < -0.4 is 10.0 Å². The van der Waals surface area contributed by atoms with Gasteiger partial charge in [0, 0.05) is 15.9 Å². The zero-order valence-corrected chi connectivity index (χ0v) is 17.8. The molecule has 0 saturated heterocycles. The number of hydrogen-bond donors (Lipinski definition) is 2. The highest BCUT2D eigenvalue weighted by Crippen LogP contribution is 2.25. The maximum absolute atomic E-state index is 12.0. The second-order valence-electron chi connectivity index (χ2n) is 5.75. The fraction of sp³-hybridized carbons (Fsp3) is 0.278. The van der Waals surface area contributed by atoms with Crippen molar-refractivity contribution in [2.75, 3.05) is 12.8 Å². The van der Waals surface area contributed by atoms with Crippen LogP contribution in [0.1, 0.15) is 16.7 Å². The first kappa shape index (κ1) is 21.0. The topological polar surface area (TPSA) is 75.3 Å². The van der Waals surface area contributed by atoms with Gasteiger partial charge in [0.05, 0.1) is 11.5 Å². The Hall–Kier alpha value is -1.35. The number of aryl methyl sites for hydroxylation is 1. The van der Waals surface area contributed by atoms with Gasteiger partial charge in [0.15, 0.2) is 0 Å². The summed E-state index contributed by atoms with van der Waals surface area (Å²) in [4.78, 5) is 13.1. The third kappa shape index (κ3) is 6.75. The summed E-state index contributed by atoms with van der Waals surface area (Å²) in [5, 5.41) is 2.88. The van der Waals surface area contributed by atoms with Gasteiger partial charge >= 0.3 is 0 Å². The summed E-state index contributed by atoms with van der Waals surface area (Å²) in [6.07, 6.45) is 0. The molecule has 2 N–H and O–H groups in total. The Morgan fingerprint density at radius 2 is 1.77 bits per heavy atom. The zero-order chi connectivity index (χ0) is 19.2. The minimum Gasteiger partial charge on any atom is -0.351 e. The summed E-state index contributed by atoms with van der Waals surface area (Å²) >= 11 is 4.93. The number of thioether (sulfide) groups is 1. The molecule has 0 atom stereocenters. The molecule has 2 rings (SSSR count). The summed E-state index contributed by atoms with van der Waals surface area (Å²) in [5.74, 6) is 0.250. The number of carbonyl (C=O) groups is 1. The molecule has 0 aliphatic rings. The SMILES string of the molecule is CNS(=O)(=O)Cc1ccc(CNC(=O)CSc2ccc(Br)cc2C)cc1. The lowest BCUT2D eigenvalue weighted by molar-refractivity contribution is -0.118. The van der Waals surface area contributed by atoms with Crippen molar-refractivity contribution in [3.63, 3.8) is 0 Å². The van der Waals surface area contributed by atoms with E-state index in [0.717, 1.165) is 20.5 Å². The van der Waals surface area contributed by atoms with Gasteiger partial charge in [-0.2, -0.15) is 0 Å². The third-order valence-electron chi connectivity index (χ3n) is 3.68. The highest BCUT2D eigenvalue weighted by molar-refractivity contribution is 9.10. The van der Waals surface area contributed by atoms with Crippen LogP contribution in [0.4, 0.5) is 0 Å². The smallest absolute Gasteiger partial charge is 0.230 e. The lowest BCUT2D eigenvalue weighted by atomic mass is 10.1. The lowest BCUT2D eigenvalue weighted by Gasteiger charge is -2.08. The van der Waals surface area contributed by atoms with Crippen LogP contribution in [-0.4, -0.2) is 27.1 Å². The van der Waals surface area contributed by atoms with Crippen molar-refractivity contribution >= 4 is 43.6 Å². The number of sulfonamides is 1. The number of carbonyl (C=O) groups excluding carboxylic acids is 1. The summed E-state index contributed by atoms with van der Waals surface area (Å²) in [6.45, 7) is 2.43. The number of nitrogens with one attached hydrogen (secondary N) is 2. The van der Waals surface area contributed by atoms with E-state index in [-0.39, 0.29) is 11.7 Å². The van der Waals surface area contributed by atoms with E-state index in [2.05, 4.69) is 26.0 Å². The van der Waals surface area contributed by atoms with Gasteiger partial charge in [-0.3, -0.25) is 4.79 Å². The van der Waals surface area contributed by atoms with Crippen LogP contribution in [-0.2, 0) is 27.1 Å². The van der Waals surface area contributed by atoms with Gasteiger partial charge in [-0.1, -0.05) is 40.2 Å². The molecule has 26 heavy (non-hydrogen) atoms. The first-order valence-electron chi connectivity index (χ1n) is 7.94. The van der Waals surface area contributed by atoms with E-state index >= 15 is 0 Å². The fourth-order valence-corrected chi connectivity index (χ4v) is 4.31. The van der Waals surface area contributed by atoms with Gasteiger partial charge in [0.2, 0.25) is 15.9 Å². The van der Waals surface area contributed by atoms with Gasteiger partial charge in [0.25, 0.3) is 0 Å². The average molecular weight is 457 g/mol. The molecule has 1 amide bonds. The fourth-order valence-electron chi connectivity index (χ4n) is 2.21. The van der Waals surface area contributed by atoms with Gasteiger partial charge in [-0.05, 0) is 48.9 Å². The van der Waals surface area contributed by atoms with Crippen LogP contribution in [0.3, 0.4) is 0 Å². The van der Waals surface area contributed by atoms with Crippen LogP contribution in [0.25, 0.3) is 0 Å². The summed E-state index contributed by atoms with van der Waals surface area (Å²) in [7, 11) is -1.88. The molecule has 2 aromatic rings. The Morgan fingerprint density at radius 3 is 2.38 bits per heavy atom. The predicted molar refractivity (Wildman–Crippen MR) is 110 cm³/mol. The molecule has 0 fully saturated rings.